The van der Waals surface area contributed by atoms with Gasteiger partial charge in [0, 0.05) is 11.8 Å². The van der Waals surface area contributed by atoms with E-state index in [9.17, 15) is 22.8 Å². The molecule has 8 heteroatoms. The van der Waals surface area contributed by atoms with Gasteiger partial charge in [-0.15, -0.1) is 0 Å². The van der Waals surface area contributed by atoms with Crippen molar-refractivity contribution in [2.75, 3.05) is 10.2 Å². The summed E-state index contributed by atoms with van der Waals surface area (Å²) in [5.41, 5.74) is 0.310. The summed E-state index contributed by atoms with van der Waals surface area (Å²) in [7, 11) is 0. The SMILES string of the molecule is O=C1C[C@@H](Nc2ccc(F)c(F)c2)C(=O)N1c1ccc(F)c(Cl)c1. The molecule has 1 heterocycles. The predicted molar refractivity (Wildman–Crippen MR) is 82.3 cm³/mol. The number of hydrogen-bond donors (Lipinski definition) is 1. The molecule has 2 aromatic carbocycles. The van der Waals surface area contributed by atoms with Crippen molar-refractivity contribution in [2.45, 2.75) is 12.5 Å². The van der Waals surface area contributed by atoms with E-state index in [1.807, 2.05) is 0 Å². The van der Waals surface area contributed by atoms with Crippen LogP contribution in [0.5, 0.6) is 0 Å². The molecule has 24 heavy (non-hydrogen) atoms. The van der Waals surface area contributed by atoms with Crippen molar-refractivity contribution < 1.29 is 22.8 Å². The van der Waals surface area contributed by atoms with Crippen LogP contribution in [0.25, 0.3) is 0 Å². The Kier molecular flexibility index (Phi) is 4.19. The number of carbonyl (C=O) groups is 2. The number of nitrogens with zero attached hydrogens (tertiary/aromatic N) is 1. The number of benzene rings is 2. The van der Waals surface area contributed by atoms with Gasteiger partial charge < -0.3 is 5.32 Å². The van der Waals surface area contributed by atoms with E-state index in [2.05, 4.69) is 5.32 Å². The zero-order valence-electron chi connectivity index (χ0n) is 12.0. The Balaban J connectivity index is 1.83. The van der Waals surface area contributed by atoms with Crippen molar-refractivity contribution in [3.05, 3.63) is 58.9 Å². The smallest absolute Gasteiger partial charge is 0.256 e. The normalized spacial score (nSPS) is 17.5. The molecule has 0 unspecified atom stereocenters. The molecule has 1 aliphatic heterocycles. The molecule has 2 amide bonds. The number of hydrogen-bond acceptors (Lipinski definition) is 3. The zero-order valence-corrected chi connectivity index (χ0v) is 12.8. The summed E-state index contributed by atoms with van der Waals surface area (Å²) in [6, 6.07) is 5.61. The molecule has 1 atom stereocenters. The monoisotopic (exact) mass is 354 g/mol. The molecule has 1 aliphatic rings. The number of anilines is 2. The topological polar surface area (TPSA) is 49.4 Å². The van der Waals surface area contributed by atoms with Crippen molar-refractivity contribution in [3.63, 3.8) is 0 Å². The number of nitrogens with one attached hydrogen (secondary N) is 1. The molecular formula is C16H10ClF3N2O2. The number of halogens is 4. The van der Waals surface area contributed by atoms with Crippen LogP contribution < -0.4 is 10.2 Å². The maximum Gasteiger partial charge on any atom is 0.256 e. The van der Waals surface area contributed by atoms with Crippen molar-refractivity contribution >= 4 is 34.8 Å². The second kappa shape index (κ2) is 6.16. The highest BCUT2D eigenvalue weighted by Gasteiger charge is 2.39. The standard InChI is InChI=1S/C16H10ClF3N2O2/c17-10-6-9(2-4-11(10)18)22-15(23)7-14(16(22)24)21-8-1-3-12(19)13(20)5-8/h1-6,14,21H,7H2/t14-/m1/s1. The third-order valence-corrected chi connectivity index (χ3v) is 3.86. The lowest BCUT2D eigenvalue weighted by Gasteiger charge is -2.16. The van der Waals surface area contributed by atoms with Gasteiger partial charge in [-0.3, -0.25) is 9.59 Å². The highest BCUT2D eigenvalue weighted by Crippen LogP contribution is 2.28. The fourth-order valence-corrected chi connectivity index (χ4v) is 2.60. The van der Waals surface area contributed by atoms with Gasteiger partial charge in [-0.05, 0) is 30.3 Å². The second-order valence-corrected chi connectivity index (χ2v) is 5.60. The van der Waals surface area contributed by atoms with Crippen molar-refractivity contribution in [1.82, 2.24) is 0 Å². The maximum atomic E-state index is 13.2. The number of imide groups is 1. The molecule has 1 N–H and O–H groups in total. The molecule has 124 valence electrons. The van der Waals surface area contributed by atoms with Gasteiger partial charge in [0.05, 0.1) is 17.1 Å². The third kappa shape index (κ3) is 2.94. The number of carbonyl (C=O) groups excluding carboxylic acids is 2. The minimum Gasteiger partial charge on any atom is -0.373 e. The summed E-state index contributed by atoms with van der Waals surface area (Å²) in [6.45, 7) is 0. The van der Waals surface area contributed by atoms with Crippen LogP contribution in [-0.2, 0) is 9.59 Å². The van der Waals surface area contributed by atoms with Crippen LogP contribution in [-0.4, -0.2) is 17.9 Å². The Hall–Kier alpha value is -2.54. The van der Waals surface area contributed by atoms with Gasteiger partial charge in [0.25, 0.3) is 5.91 Å². The molecule has 1 saturated heterocycles. The van der Waals surface area contributed by atoms with Crippen molar-refractivity contribution in [1.29, 1.82) is 0 Å². The van der Waals surface area contributed by atoms with Crippen LogP contribution in [0, 0.1) is 17.5 Å². The molecule has 0 aromatic heterocycles. The molecule has 0 radical (unpaired) electrons. The van der Waals surface area contributed by atoms with Gasteiger partial charge >= 0.3 is 0 Å². The van der Waals surface area contributed by atoms with Crippen LogP contribution in [0.2, 0.25) is 5.02 Å². The summed E-state index contributed by atoms with van der Waals surface area (Å²) < 4.78 is 39.4. The lowest BCUT2D eigenvalue weighted by atomic mass is 10.2. The Labute approximate surface area is 139 Å². The average molecular weight is 355 g/mol. The lowest BCUT2D eigenvalue weighted by Crippen LogP contribution is -2.34. The van der Waals surface area contributed by atoms with Crippen LogP contribution in [0.15, 0.2) is 36.4 Å². The third-order valence-electron chi connectivity index (χ3n) is 3.57. The quantitative estimate of drug-likeness (QED) is 0.858. The van der Waals surface area contributed by atoms with Gasteiger partial charge in [-0.2, -0.15) is 0 Å². The summed E-state index contributed by atoms with van der Waals surface area (Å²) in [4.78, 5) is 25.4. The van der Waals surface area contributed by atoms with Gasteiger partial charge in [0.15, 0.2) is 11.6 Å². The molecular weight excluding hydrogens is 345 g/mol. The maximum absolute atomic E-state index is 13.2. The fraction of sp³-hybridized carbons (Fsp3) is 0.125. The van der Waals surface area contributed by atoms with Crippen LogP contribution >= 0.6 is 11.6 Å². The van der Waals surface area contributed by atoms with Crippen molar-refractivity contribution in [3.8, 4) is 0 Å². The van der Waals surface area contributed by atoms with Gasteiger partial charge in [0.2, 0.25) is 5.91 Å². The number of amides is 2. The second-order valence-electron chi connectivity index (χ2n) is 5.20. The largest absolute Gasteiger partial charge is 0.373 e. The first kappa shape index (κ1) is 16.3. The summed E-state index contributed by atoms with van der Waals surface area (Å²) in [6.07, 6.45) is -0.174. The summed E-state index contributed by atoms with van der Waals surface area (Å²) in [5, 5.41) is 2.47. The van der Waals surface area contributed by atoms with E-state index in [-0.39, 0.29) is 22.8 Å². The van der Waals surface area contributed by atoms with Crippen LogP contribution in [0.3, 0.4) is 0 Å². The predicted octanol–water partition coefficient (Wildman–Crippen LogP) is 3.50. The van der Waals surface area contributed by atoms with Crippen LogP contribution in [0.1, 0.15) is 6.42 Å². The molecule has 4 nitrogen and oxygen atoms in total. The van der Waals surface area contributed by atoms with E-state index in [0.29, 0.717) is 0 Å². The van der Waals surface area contributed by atoms with Crippen molar-refractivity contribution in [2.24, 2.45) is 0 Å². The summed E-state index contributed by atoms with van der Waals surface area (Å²) in [5.74, 6) is -3.86. The van der Waals surface area contributed by atoms with E-state index in [1.54, 1.807) is 0 Å². The van der Waals surface area contributed by atoms with Gasteiger partial charge in [-0.1, -0.05) is 11.6 Å². The number of rotatable bonds is 3. The van der Waals surface area contributed by atoms with E-state index in [1.165, 1.54) is 18.2 Å². The first-order valence-corrected chi connectivity index (χ1v) is 7.28. The molecule has 1 fully saturated rings. The minimum atomic E-state index is -1.07. The average Bonchev–Trinajstić information content (AvgIpc) is 2.80. The minimum absolute atomic E-state index is 0.144. The molecule has 3 rings (SSSR count). The van der Waals surface area contributed by atoms with E-state index >= 15 is 0 Å². The molecule has 0 spiro atoms. The Morgan fingerprint density at radius 3 is 2.38 bits per heavy atom. The Bertz CT molecular complexity index is 844. The van der Waals surface area contributed by atoms with Gasteiger partial charge in [0.1, 0.15) is 11.9 Å². The zero-order chi connectivity index (χ0) is 17.4. The van der Waals surface area contributed by atoms with Crippen LogP contribution in [0.4, 0.5) is 24.5 Å². The van der Waals surface area contributed by atoms with E-state index in [0.717, 1.165) is 23.1 Å². The first-order valence-electron chi connectivity index (χ1n) is 6.90. The Morgan fingerprint density at radius 1 is 1.00 bits per heavy atom. The highest BCUT2D eigenvalue weighted by atomic mass is 35.5. The first-order chi connectivity index (χ1) is 11.4. The summed E-state index contributed by atoms with van der Waals surface area (Å²) >= 11 is 5.67. The highest BCUT2D eigenvalue weighted by molar-refractivity contribution is 6.31. The Morgan fingerprint density at radius 2 is 1.71 bits per heavy atom. The van der Waals surface area contributed by atoms with E-state index in [4.69, 9.17) is 11.6 Å². The molecule has 0 bridgehead atoms. The molecule has 2 aromatic rings. The molecule has 0 aliphatic carbocycles. The molecule has 0 saturated carbocycles. The fourth-order valence-electron chi connectivity index (χ4n) is 2.43. The van der Waals surface area contributed by atoms with Gasteiger partial charge in [-0.25, -0.2) is 18.1 Å². The van der Waals surface area contributed by atoms with E-state index < -0.39 is 35.3 Å². The lowest BCUT2D eigenvalue weighted by molar-refractivity contribution is -0.121.